The van der Waals surface area contributed by atoms with Crippen LogP contribution < -0.4 is 9.96 Å². The number of anilines is 2. The Balaban J connectivity index is 1.57. The first kappa shape index (κ1) is 22.9. The Kier molecular flexibility index (Phi) is 5.66. The standard InChI is InChI=1S/C24H15BrClF3N2O3/c25-15-4-2-6-18(12-15)31-20(13-7-9-16(26)10-8-13)19-21(34-31)23(33)30(22(19)32)17-5-1-3-14(11-17)24(27,28)29/h1-12,19-21H/t19-,20-,21-/m0/s1. The van der Waals surface area contributed by atoms with Crippen LogP contribution in [0.2, 0.25) is 5.02 Å². The predicted octanol–water partition coefficient (Wildman–Crippen LogP) is 6.17. The molecule has 2 aliphatic heterocycles. The quantitative estimate of drug-likeness (QED) is 0.365. The van der Waals surface area contributed by atoms with Crippen molar-refractivity contribution in [2.75, 3.05) is 9.96 Å². The van der Waals surface area contributed by atoms with Gasteiger partial charge in [-0.05, 0) is 54.1 Å². The Morgan fingerprint density at radius 2 is 1.56 bits per heavy atom. The van der Waals surface area contributed by atoms with Crippen molar-refractivity contribution >= 4 is 50.7 Å². The number of carbonyl (C=O) groups is 2. The highest BCUT2D eigenvalue weighted by Crippen LogP contribution is 2.48. The molecule has 2 fully saturated rings. The highest BCUT2D eigenvalue weighted by molar-refractivity contribution is 9.10. The van der Waals surface area contributed by atoms with Crippen LogP contribution in [0, 0.1) is 5.92 Å². The van der Waals surface area contributed by atoms with Gasteiger partial charge in [0.25, 0.3) is 5.91 Å². The molecule has 2 saturated heterocycles. The molecule has 2 heterocycles. The molecule has 0 bridgehead atoms. The summed E-state index contributed by atoms with van der Waals surface area (Å²) in [5.74, 6) is -2.32. The second kappa shape index (κ2) is 8.41. The summed E-state index contributed by atoms with van der Waals surface area (Å²) in [4.78, 5) is 33.6. The lowest BCUT2D eigenvalue weighted by molar-refractivity contribution is -0.137. The molecule has 174 valence electrons. The molecule has 2 aliphatic rings. The van der Waals surface area contributed by atoms with Gasteiger partial charge in [0.05, 0.1) is 23.0 Å². The number of halogens is 5. The van der Waals surface area contributed by atoms with Crippen LogP contribution in [0.1, 0.15) is 17.2 Å². The lowest BCUT2D eigenvalue weighted by atomic mass is 9.90. The van der Waals surface area contributed by atoms with E-state index in [2.05, 4.69) is 15.9 Å². The van der Waals surface area contributed by atoms with Crippen molar-refractivity contribution in [1.29, 1.82) is 0 Å². The fraction of sp³-hybridized carbons (Fsp3) is 0.167. The van der Waals surface area contributed by atoms with E-state index in [1.807, 2.05) is 6.07 Å². The maximum atomic E-state index is 13.5. The monoisotopic (exact) mass is 550 g/mol. The van der Waals surface area contributed by atoms with Crippen molar-refractivity contribution < 1.29 is 27.6 Å². The van der Waals surface area contributed by atoms with Crippen molar-refractivity contribution in [1.82, 2.24) is 0 Å². The van der Waals surface area contributed by atoms with E-state index in [0.29, 0.717) is 16.3 Å². The maximum absolute atomic E-state index is 13.5. The average Bonchev–Trinajstić information content (AvgIpc) is 3.30. The van der Waals surface area contributed by atoms with Gasteiger partial charge in [-0.2, -0.15) is 13.2 Å². The molecule has 0 unspecified atom stereocenters. The summed E-state index contributed by atoms with van der Waals surface area (Å²) in [6.07, 6.45) is -5.81. The molecule has 3 atom stereocenters. The fourth-order valence-corrected chi connectivity index (χ4v) is 4.84. The van der Waals surface area contributed by atoms with E-state index in [1.54, 1.807) is 42.5 Å². The van der Waals surface area contributed by atoms with Crippen molar-refractivity contribution in [3.8, 4) is 0 Å². The number of benzene rings is 3. The van der Waals surface area contributed by atoms with E-state index in [-0.39, 0.29) is 5.69 Å². The number of hydrogen-bond donors (Lipinski definition) is 0. The Bertz CT molecular complexity index is 1280. The number of fused-ring (bicyclic) bond motifs is 1. The number of nitrogens with zero attached hydrogens (tertiary/aromatic N) is 2. The predicted molar refractivity (Wildman–Crippen MR) is 123 cm³/mol. The van der Waals surface area contributed by atoms with Gasteiger partial charge < -0.3 is 0 Å². The second-order valence-electron chi connectivity index (χ2n) is 7.91. The maximum Gasteiger partial charge on any atom is 0.416 e. The van der Waals surface area contributed by atoms with E-state index in [4.69, 9.17) is 16.4 Å². The van der Waals surface area contributed by atoms with Crippen LogP contribution in [0.5, 0.6) is 0 Å². The largest absolute Gasteiger partial charge is 0.416 e. The number of hydroxylamine groups is 1. The Hall–Kier alpha value is -2.88. The van der Waals surface area contributed by atoms with Crippen molar-refractivity contribution in [2.45, 2.75) is 18.3 Å². The van der Waals surface area contributed by atoms with Gasteiger partial charge in [-0.3, -0.25) is 14.4 Å². The van der Waals surface area contributed by atoms with Crippen molar-refractivity contribution in [3.05, 3.63) is 93.4 Å². The number of alkyl halides is 3. The molecule has 0 aromatic heterocycles. The molecular formula is C24H15BrClF3N2O3. The van der Waals surface area contributed by atoms with Crippen LogP contribution in [0.3, 0.4) is 0 Å². The summed E-state index contributed by atoms with van der Waals surface area (Å²) in [5.41, 5.74) is 0.180. The second-order valence-corrected chi connectivity index (χ2v) is 9.27. The van der Waals surface area contributed by atoms with Crippen LogP contribution in [0.4, 0.5) is 24.5 Å². The third kappa shape index (κ3) is 3.87. The van der Waals surface area contributed by atoms with Gasteiger partial charge in [0, 0.05) is 9.50 Å². The number of amides is 2. The molecule has 34 heavy (non-hydrogen) atoms. The van der Waals surface area contributed by atoms with Crippen LogP contribution in [-0.4, -0.2) is 17.9 Å². The van der Waals surface area contributed by atoms with Crippen LogP contribution >= 0.6 is 27.5 Å². The molecule has 5 rings (SSSR count). The summed E-state index contributed by atoms with van der Waals surface area (Å²) in [5, 5.41) is 2.00. The highest BCUT2D eigenvalue weighted by Gasteiger charge is 2.60. The minimum absolute atomic E-state index is 0.147. The molecule has 2 amide bonds. The summed E-state index contributed by atoms with van der Waals surface area (Å²) in [6, 6.07) is 17.4. The Morgan fingerprint density at radius 3 is 2.24 bits per heavy atom. The lowest BCUT2D eigenvalue weighted by Gasteiger charge is -2.29. The van der Waals surface area contributed by atoms with Gasteiger partial charge >= 0.3 is 6.18 Å². The average molecular weight is 552 g/mol. The smallest absolute Gasteiger partial charge is 0.273 e. The number of carbonyl (C=O) groups excluding carboxylic acids is 2. The normalized spacial score (nSPS) is 22.4. The molecule has 0 saturated carbocycles. The molecule has 5 nitrogen and oxygen atoms in total. The van der Waals surface area contributed by atoms with Gasteiger partial charge in [0.2, 0.25) is 5.91 Å². The van der Waals surface area contributed by atoms with Crippen LogP contribution in [0.15, 0.2) is 77.3 Å². The minimum Gasteiger partial charge on any atom is -0.273 e. The first-order valence-corrected chi connectivity index (χ1v) is 11.3. The summed E-state index contributed by atoms with van der Waals surface area (Å²) in [7, 11) is 0. The molecule has 0 N–H and O–H groups in total. The topological polar surface area (TPSA) is 49.9 Å². The van der Waals surface area contributed by atoms with Gasteiger partial charge in [0.15, 0.2) is 6.10 Å². The molecule has 0 aliphatic carbocycles. The Morgan fingerprint density at radius 1 is 0.882 bits per heavy atom. The molecule has 0 radical (unpaired) electrons. The van der Waals surface area contributed by atoms with E-state index in [0.717, 1.165) is 27.6 Å². The van der Waals surface area contributed by atoms with E-state index >= 15 is 0 Å². The molecular weight excluding hydrogens is 537 g/mol. The molecule has 3 aromatic carbocycles. The van der Waals surface area contributed by atoms with E-state index < -0.39 is 41.6 Å². The summed E-state index contributed by atoms with van der Waals surface area (Å²) >= 11 is 9.45. The summed E-state index contributed by atoms with van der Waals surface area (Å²) < 4.78 is 40.5. The number of imide groups is 1. The Labute approximate surface area is 205 Å². The number of hydrogen-bond acceptors (Lipinski definition) is 4. The zero-order valence-electron chi connectivity index (χ0n) is 17.2. The highest BCUT2D eigenvalue weighted by atomic mass is 79.9. The summed E-state index contributed by atoms with van der Waals surface area (Å²) in [6.45, 7) is 0. The van der Waals surface area contributed by atoms with Gasteiger partial charge in [0.1, 0.15) is 5.92 Å². The van der Waals surface area contributed by atoms with Crippen molar-refractivity contribution in [3.63, 3.8) is 0 Å². The molecule has 3 aromatic rings. The third-order valence-electron chi connectivity index (χ3n) is 5.82. The van der Waals surface area contributed by atoms with Gasteiger partial charge in [-0.1, -0.05) is 51.8 Å². The van der Waals surface area contributed by atoms with Crippen molar-refractivity contribution in [2.24, 2.45) is 5.92 Å². The zero-order valence-corrected chi connectivity index (χ0v) is 19.5. The minimum atomic E-state index is -4.61. The van der Waals surface area contributed by atoms with Crippen LogP contribution in [-0.2, 0) is 20.6 Å². The first-order chi connectivity index (χ1) is 16.1. The van der Waals surface area contributed by atoms with E-state index in [1.165, 1.54) is 11.1 Å². The van der Waals surface area contributed by atoms with Gasteiger partial charge in [-0.15, -0.1) is 0 Å². The zero-order chi connectivity index (χ0) is 24.2. The van der Waals surface area contributed by atoms with Gasteiger partial charge in [-0.25, -0.2) is 9.96 Å². The number of rotatable bonds is 3. The SMILES string of the molecule is O=C1[C@@H]2[C@H](ON(c3cccc(Br)c3)[C@H]2c2ccc(Cl)cc2)C(=O)N1c1cccc(C(F)(F)F)c1. The fourth-order valence-electron chi connectivity index (χ4n) is 4.33. The lowest BCUT2D eigenvalue weighted by Crippen LogP contribution is -2.37. The molecule has 10 heteroatoms. The molecule has 0 spiro atoms. The van der Waals surface area contributed by atoms with Crippen LogP contribution in [0.25, 0.3) is 0 Å². The third-order valence-corrected chi connectivity index (χ3v) is 6.57. The first-order valence-electron chi connectivity index (χ1n) is 10.2. The van der Waals surface area contributed by atoms with E-state index in [9.17, 15) is 22.8 Å².